The molecule has 0 aromatic heterocycles. The minimum Gasteiger partial charge on any atom is -0.394 e. The first-order valence-corrected chi connectivity index (χ1v) is 4.77. The largest absolute Gasteiger partial charge is 0.394 e. The van der Waals surface area contributed by atoms with Gasteiger partial charge in [0.1, 0.15) is 0 Å². The molecule has 14 heavy (non-hydrogen) atoms. The highest BCUT2D eigenvalue weighted by Crippen LogP contribution is 2.18. The maximum Gasteiger partial charge on any atom is 0.0774 e. The van der Waals surface area contributed by atoms with Gasteiger partial charge < -0.3 is 25.5 Å². The van der Waals surface area contributed by atoms with Crippen LogP contribution in [0, 0.1) is 5.92 Å². The summed E-state index contributed by atoms with van der Waals surface area (Å²) in [6.07, 6.45) is -2.03. The Balaban J connectivity index is 4.02. The van der Waals surface area contributed by atoms with Crippen molar-refractivity contribution in [3.05, 3.63) is 0 Å². The summed E-state index contributed by atoms with van der Waals surface area (Å²) in [7, 11) is 0. The monoisotopic (exact) mass is 208 g/mol. The van der Waals surface area contributed by atoms with Crippen LogP contribution in [0.2, 0.25) is 0 Å². The molecule has 0 radical (unpaired) electrons. The molecule has 0 saturated heterocycles. The van der Waals surface area contributed by atoms with Gasteiger partial charge in [-0.1, -0.05) is 0 Å². The molecule has 0 heterocycles. The van der Waals surface area contributed by atoms with Crippen LogP contribution in [0.15, 0.2) is 0 Å². The molecule has 3 unspecified atom stereocenters. The van der Waals surface area contributed by atoms with Crippen molar-refractivity contribution in [2.75, 3.05) is 13.2 Å². The van der Waals surface area contributed by atoms with Gasteiger partial charge in [0.05, 0.1) is 31.5 Å². The molecule has 0 aromatic rings. The quantitative estimate of drug-likeness (QED) is 0.349. The van der Waals surface area contributed by atoms with Gasteiger partial charge in [-0.3, -0.25) is 0 Å². The molecule has 0 fully saturated rings. The Kier molecular flexibility index (Phi) is 7.04. The molecular weight excluding hydrogens is 188 g/mol. The van der Waals surface area contributed by atoms with Gasteiger partial charge in [0.15, 0.2) is 0 Å². The van der Waals surface area contributed by atoms with Crippen molar-refractivity contribution in [2.45, 2.75) is 38.1 Å². The van der Waals surface area contributed by atoms with Gasteiger partial charge in [0.25, 0.3) is 0 Å². The average Bonchev–Trinajstić information content (AvgIpc) is 2.16. The van der Waals surface area contributed by atoms with Gasteiger partial charge in [-0.15, -0.1) is 0 Å². The van der Waals surface area contributed by atoms with Gasteiger partial charge >= 0.3 is 0 Å². The first-order chi connectivity index (χ1) is 6.51. The summed E-state index contributed by atoms with van der Waals surface area (Å²) < 4.78 is 0. The van der Waals surface area contributed by atoms with Crippen molar-refractivity contribution in [1.29, 1.82) is 0 Å². The molecule has 0 amide bonds. The van der Waals surface area contributed by atoms with Crippen molar-refractivity contribution in [2.24, 2.45) is 5.92 Å². The van der Waals surface area contributed by atoms with Crippen molar-refractivity contribution in [3.63, 3.8) is 0 Å². The second-order valence-electron chi connectivity index (χ2n) is 3.64. The summed E-state index contributed by atoms with van der Waals surface area (Å²) in [5.74, 6) is -0.320. The van der Waals surface area contributed by atoms with Crippen LogP contribution in [0.3, 0.4) is 0 Å². The molecule has 86 valence electrons. The SMILES string of the molecule is CC(O)C(CC(O)CO)CC(O)CO. The van der Waals surface area contributed by atoms with E-state index < -0.39 is 18.3 Å². The fourth-order valence-corrected chi connectivity index (χ4v) is 1.34. The third-order valence-electron chi connectivity index (χ3n) is 2.25. The molecule has 0 aromatic carbocycles. The lowest BCUT2D eigenvalue weighted by molar-refractivity contribution is 0.00664. The molecule has 3 atom stereocenters. The first kappa shape index (κ1) is 13.8. The molecule has 5 nitrogen and oxygen atoms in total. The topological polar surface area (TPSA) is 101 Å². The van der Waals surface area contributed by atoms with Gasteiger partial charge in [0.2, 0.25) is 0 Å². The molecule has 5 N–H and O–H groups in total. The summed E-state index contributed by atoms with van der Waals surface area (Å²) in [5.41, 5.74) is 0. The van der Waals surface area contributed by atoms with E-state index in [-0.39, 0.29) is 32.0 Å². The summed E-state index contributed by atoms with van der Waals surface area (Å²) in [6, 6.07) is 0. The van der Waals surface area contributed by atoms with Crippen molar-refractivity contribution in [3.8, 4) is 0 Å². The third kappa shape index (κ3) is 5.51. The van der Waals surface area contributed by atoms with E-state index in [1.165, 1.54) is 0 Å². The lowest BCUT2D eigenvalue weighted by atomic mass is 9.91. The molecule has 5 heteroatoms. The highest BCUT2D eigenvalue weighted by atomic mass is 16.3. The summed E-state index contributed by atoms with van der Waals surface area (Å²) in [6.45, 7) is 0.829. The molecule has 0 aliphatic carbocycles. The minimum absolute atomic E-state index is 0.214. The number of rotatable bonds is 7. The summed E-state index contributed by atoms with van der Waals surface area (Å²) >= 11 is 0. The predicted molar refractivity (Wildman–Crippen MR) is 50.6 cm³/mol. The molecular formula is C9H20O5. The van der Waals surface area contributed by atoms with E-state index in [9.17, 15) is 5.11 Å². The number of hydrogen-bond acceptors (Lipinski definition) is 5. The lowest BCUT2D eigenvalue weighted by Gasteiger charge is -2.23. The minimum atomic E-state index is -0.888. The molecule has 0 bridgehead atoms. The predicted octanol–water partition coefficient (Wildman–Crippen LogP) is -1.53. The standard InChI is InChI=1S/C9H20O5/c1-6(12)7(2-8(13)4-10)3-9(14)5-11/h6-14H,2-5H2,1H3. The number of aliphatic hydroxyl groups excluding tert-OH is 5. The average molecular weight is 208 g/mol. The van der Waals surface area contributed by atoms with Gasteiger partial charge in [0, 0.05) is 0 Å². The van der Waals surface area contributed by atoms with Crippen LogP contribution in [0.1, 0.15) is 19.8 Å². The second-order valence-corrected chi connectivity index (χ2v) is 3.64. The molecule has 0 aliphatic rings. The maximum absolute atomic E-state index is 9.32. The summed E-state index contributed by atoms with van der Waals surface area (Å²) in [5, 5.41) is 44.9. The van der Waals surface area contributed by atoms with Gasteiger partial charge in [-0.2, -0.15) is 0 Å². The van der Waals surface area contributed by atoms with E-state index in [0.717, 1.165) is 0 Å². The normalized spacial score (nSPS) is 20.1. The lowest BCUT2D eigenvalue weighted by Crippen LogP contribution is -2.29. The fraction of sp³-hybridized carbons (Fsp3) is 1.00. The maximum atomic E-state index is 9.32. The Morgan fingerprint density at radius 1 is 0.857 bits per heavy atom. The van der Waals surface area contributed by atoms with Crippen LogP contribution in [0.5, 0.6) is 0 Å². The second kappa shape index (κ2) is 7.14. The van der Waals surface area contributed by atoms with Crippen LogP contribution in [0.4, 0.5) is 0 Å². The van der Waals surface area contributed by atoms with Crippen LogP contribution in [-0.2, 0) is 0 Å². The van der Waals surface area contributed by atoms with Crippen molar-refractivity contribution < 1.29 is 25.5 Å². The van der Waals surface area contributed by atoms with Crippen molar-refractivity contribution >= 4 is 0 Å². The van der Waals surface area contributed by atoms with Gasteiger partial charge in [-0.05, 0) is 25.7 Å². The number of aliphatic hydroxyl groups is 5. The summed E-state index contributed by atoms with van der Waals surface area (Å²) in [4.78, 5) is 0. The molecule has 0 aliphatic heterocycles. The molecule has 0 rings (SSSR count). The Bertz CT molecular complexity index is 127. The van der Waals surface area contributed by atoms with Crippen molar-refractivity contribution in [1.82, 2.24) is 0 Å². The zero-order valence-corrected chi connectivity index (χ0v) is 8.37. The van der Waals surface area contributed by atoms with E-state index in [0.29, 0.717) is 0 Å². The molecule has 0 saturated carbocycles. The third-order valence-corrected chi connectivity index (χ3v) is 2.25. The number of hydrogen-bond donors (Lipinski definition) is 5. The zero-order chi connectivity index (χ0) is 11.1. The highest BCUT2D eigenvalue weighted by molar-refractivity contribution is 4.72. The Labute approximate surface area is 83.6 Å². The van der Waals surface area contributed by atoms with Crippen LogP contribution >= 0.6 is 0 Å². The highest BCUT2D eigenvalue weighted by Gasteiger charge is 2.21. The Morgan fingerprint density at radius 3 is 1.43 bits per heavy atom. The fourth-order valence-electron chi connectivity index (χ4n) is 1.34. The zero-order valence-electron chi connectivity index (χ0n) is 8.37. The van der Waals surface area contributed by atoms with Crippen LogP contribution in [-0.4, -0.2) is 57.1 Å². The van der Waals surface area contributed by atoms with E-state index in [4.69, 9.17) is 20.4 Å². The van der Waals surface area contributed by atoms with E-state index in [1.54, 1.807) is 6.92 Å². The Morgan fingerprint density at radius 2 is 1.21 bits per heavy atom. The van der Waals surface area contributed by atoms with Gasteiger partial charge in [-0.25, -0.2) is 0 Å². The van der Waals surface area contributed by atoms with E-state index >= 15 is 0 Å². The smallest absolute Gasteiger partial charge is 0.0774 e. The van der Waals surface area contributed by atoms with Crippen LogP contribution < -0.4 is 0 Å². The van der Waals surface area contributed by atoms with E-state index in [1.807, 2.05) is 0 Å². The van der Waals surface area contributed by atoms with Crippen LogP contribution in [0.25, 0.3) is 0 Å². The first-order valence-electron chi connectivity index (χ1n) is 4.77. The molecule has 0 spiro atoms. The Hall–Kier alpha value is -0.200. The van der Waals surface area contributed by atoms with E-state index in [2.05, 4.69) is 0 Å².